The Balaban J connectivity index is 3.11. The summed E-state index contributed by atoms with van der Waals surface area (Å²) in [6.45, 7) is 4.83. The Kier molecular flexibility index (Phi) is 5.40. The van der Waals surface area contributed by atoms with Gasteiger partial charge in [0.2, 0.25) is 0 Å². The molecule has 0 fully saturated rings. The Morgan fingerprint density at radius 2 is 2.12 bits per heavy atom. The predicted molar refractivity (Wildman–Crippen MR) is 74.0 cm³/mol. The average Bonchev–Trinajstić information content (AvgIpc) is 2.29. The molecule has 0 aliphatic heterocycles. The molecule has 1 aromatic heterocycles. The summed E-state index contributed by atoms with van der Waals surface area (Å²) >= 11 is 2.28. The number of rotatable bonds is 5. The van der Waals surface area contributed by atoms with Crippen molar-refractivity contribution in [2.45, 2.75) is 26.2 Å². The van der Waals surface area contributed by atoms with Crippen LogP contribution in [0.25, 0.3) is 0 Å². The van der Waals surface area contributed by atoms with Crippen molar-refractivity contribution in [3.05, 3.63) is 15.1 Å². The van der Waals surface area contributed by atoms with E-state index in [9.17, 15) is 0 Å². The summed E-state index contributed by atoms with van der Waals surface area (Å²) in [6, 6.07) is 0. The Bertz CT molecular complexity index is 332. The molecular formula is C11H18IN3O. The molecular weight excluding hydrogens is 317 g/mol. The molecule has 0 amide bonds. The normalized spacial score (nSPS) is 12.6. The van der Waals surface area contributed by atoms with Crippen LogP contribution >= 0.6 is 22.6 Å². The van der Waals surface area contributed by atoms with Gasteiger partial charge in [0, 0.05) is 20.1 Å². The Morgan fingerprint density at radius 3 is 2.62 bits per heavy atom. The quantitative estimate of drug-likeness (QED) is 0.840. The van der Waals surface area contributed by atoms with E-state index in [1.807, 2.05) is 7.05 Å². The van der Waals surface area contributed by atoms with Crippen LogP contribution in [0.1, 0.15) is 31.3 Å². The van der Waals surface area contributed by atoms with Crippen molar-refractivity contribution in [1.82, 2.24) is 9.97 Å². The number of aromatic nitrogens is 2. The zero-order valence-electron chi connectivity index (χ0n) is 10.2. The lowest BCUT2D eigenvalue weighted by atomic mass is 10.1. The van der Waals surface area contributed by atoms with E-state index in [2.05, 4.69) is 51.7 Å². The second kappa shape index (κ2) is 6.34. The minimum absolute atomic E-state index is 0.222. The largest absolute Gasteiger partial charge is 0.384 e. The van der Waals surface area contributed by atoms with Crippen LogP contribution in [0.5, 0.6) is 0 Å². The molecule has 90 valence electrons. The zero-order valence-corrected chi connectivity index (χ0v) is 12.3. The van der Waals surface area contributed by atoms with E-state index in [0.29, 0.717) is 6.61 Å². The summed E-state index contributed by atoms with van der Waals surface area (Å²) in [7, 11) is 3.58. The molecule has 0 bridgehead atoms. The van der Waals surface area contributed by atoms with E-state index < -0.39 is 0 Å². The van der Waals surface area contributed by atoms with Crippen molar-refractivity contribution in [3.8, 4) is 0 Å². The van der Waals surface area contributed by atoms with Gasteiger partial charge in [-0.3, -0.25) is 0 Å². The van der Waals surface area contributed by atoms with Crippen molar-refractivity contribution in [2.24, 2.45) is 0 Å². The molecule has 1 N–H and O–H groups in total. The molecule has 1 aromatic rings. The first-order valence-electron chi connectivity index (χ1n) is 5.37. The van der Waals surface area contributed by atoms with E-state index in [1.165, 1.54) is 0 Å². The van der Waals surface area contributed by atoms with Gasteiger partial charge in [0.15, 0.2) is 0 Å². The molecule has 0 radical (unpaired) electrons. The highest BCUT2D eigenvalue weighted by atomic mass is 127. The minimum Gasteiger partial charge on any atom is -0.384 e. The van der Waals surface area contributed by atoms with Gasteiger partial charge in [-0.15, -0.1) is 0 Å². The lowest BCUT2D eigenvalue weighted by Gasteiger charge is -2.14. The summed E-state index contributed by atoms with van der Waals surface area (Å²) in [5, 5.41) is 3.11. The van der Waals surface area contributed by atoms with Crippen LogP contribution < -0.4 is 5.32 Å². The van der Waals surface area contributed by atoms with Gasteiger partial charge in [-0.2, -0.15) is 0 Å². The molecule has 0 saturated carbocycles. The number of hydrogen-bond donors (Lipinski definition) is 1. The maximum Gasteiger partial charge on any atom is 0.143 e. The third kappa shape index (κ3) is 3.04. The lowest BCUT2D eigenvalue weighted by Crippen LogP contribution is -2.12. The third-order valence-corrected chi connectivity index (χ3v) is 3.50. The highest BCUT2D eigenvalue weighted by molar-refractivity contribution is 14.1. The van der Waals surface area contributed by atoms with E-state index in [0.717, 1.165) is 27.3 Å². The fourth-order valence-electron chi connectivity index (χ4n) is 1.46. The van der Waals surface area contributed by atoms with Gasteiger partial charge >= 0.3 is 0 Å². The molecule has 5 heteroatoms. The monoisotopic (exact) mass is 335 g/mol. The topological polar surface area (TPSA) is 47.0 Å². The van der Waals surface area contributed by atoms with Crippen LogP contribution in [0.2, 0.25) is 0 Å². The van der Waals surface area contributed by atoms with Crippen LogP contribution in [0.4, 0.5) is 5.82 Å². The van der Waals surface area contributed by atoms with Crippen LogP contribution in [0.3, 0.4) is 0 Å². The number of anilines is 1. The summed E-state index contributed by atoms with van der Waals surface area (Å²) in [5.74, 6) is 1.98. The molecule has 16 heavy (non-hydrogen) atoms. The number of aryl methyl sites for hydroxylation is 1. The molecule has 4 nitrogen and oxygen atoms in total. The molecule has 1 heterocycles. The first kappa shape index (κ1) is 13.6. The maximum absolute atomic E-state index is 5.13. The van der Waals surface area contributed by atoms with Crippen molar-refractivity contribution in [2.75, 3.05) is 26.1 Å². The number of methoxy groups -OCH3 is 1. The van der Waals surface area contributed by atoms with Crippen LogP contribution in [0.15, 0.2) is 0 Å². The maximum atomic E-state index is 5.13. The minimum atomic E-state index is 0.222. The molecule has 1 atom stereocenters. The predicted octanol–water partition coefficient (Wildman–Crippen LogP) is 2.44. The summed E-state index contributed by atoms with van der Waals surface area (Å²) < 4.78 is 6.24. The highest BCUT2D eigenvalue weighted by Gasteiger charge is 2.14. The zero-order chi connectivity index (χ0) is 12.1. The average molecular weight is 335 g/mol. The van der Waals surface area contributed by atoms with E-state index >= 15 is 0 Å². The van der Waals surface area contributed by atoms with Gasteiger partial charge in [0.1, 0.15) is 11.6 Å². The molecule has 0 aliphatic rings. The van der Waals surface area contributed by atoms with Crippen molar-refractivity contribution in [1.29, 1.82) is 0 Å². The Morgan fingerprint density at radius 1 is 1.44 bits per heavy atom. The van der Waals surface area contributed by atoms with Crippen molar-refractivity contribution in [3.63, 3.8) is 0 Å². The lowest BCUT2D eigenvalue weighted by molar-refractivity contribution is 0.181. The fourth-order valence-corrected chi connectivity index (χ4v) is 2.35. The van der Waals surface area contributed by atoms with Gasteiger partial charge in [-0.1, -0.05) is 13.8 Å². The SMILES string of the molecule is CCc1nc(C(C)COC)nc(NC)c1I. The number of nitrogens with zero attached hydrogens (tertiary/aromatic N) is 2. The second-order valence-electron chi connectivity index (χ2n) is 3.65. The van der Waals surface area contributed by atoms with Gasteiger partial charge in [0.25, 0.3) is 0 Å². The first-order chi connectivity index (χ1) is 7.63. The Hall–Kier alpha value is -0.430. The van der Waals surface area contributed by atoms with E-state index in [4.69, 9.17) is 4.74 Å². The third-order valence-electron chi connectivity index (χ3n) is 2.37. The van der Waals surface area contributed by atoms with Crippen molar-refractivity contribution >= 4 is 28.4 Å². The Labute approximate surface area is 110 Å². The van der Waals surface area contributed by atoms with Gasteiger partial charge < -0.3 is 10.1 Å². The number of ether oxygens (including phenoxy) is 1. The standard InChI is InChI=1S/C11H18IN3O/c1-5-8-9(12)11(13-3)15-10(14-8)7(2)6-16-4/h7H,5-6H2,1-4H3,(H,13,14,15). The number of hydrogen-bond acceptors (Lipinski definition) is 4. The molecule has 1 rings (SSSR count). The molecule has 0 spiro atoms. The van der Waals surface area contributed by atoms with Crippen molar-refractivity contribution < 1.29 is 4.74 Å². The highest BCUT2D eigenvalue weighted by Crippen LogP contribution is 2.22. The molecule has 0 aliphatic carbocycles. The smallest absolute Gasteiger partial charge is 0.143 e. The van der Waals surface area contributed by atoms with E-state index in [-0.39, 0.29) is 5.92 Å². The molecule has 0 saturated heterocycles. The fraction of sp³-hybridized carbons (Fsp3) is 0.636. The number of nitrogens with one attached hydrogen (secondary N) is 1. The number of halogens is 1. The van der Waals surface area contributed by atoms with Gasteiger partial charge in [-0.25, -0.2) is 9.97 Å². The summed E-state index contributed by atoms with van der Waals surface area (Å²) in [5.41, 5.74) is 1.10. The van der Waals surface area contributed by atoms with Crippen LogP contribution in [0, 0.1) is 3.57 Å². The van der Waals surface area contributed by atoms with Gasteiger partial charge in [0.05, 0.1) is 15.9 Å². The van der Waals surface area contributed by atoms with Crippen LogP contribution in [-0.4, -0.2) is 30.7 Å². The summed E-state index contributed by atoms with van der Waals surface area (Å²) in [4.78, 5) is 9.09. The van der Waals surface area contributed by atoms with E-state index in [1.54, 1.807) is 7.11 Å². The first-order valence-corrected chi connectivity index (χ1v) is 6.44. The molecule has 0 aromatic carbocycles. The second-order valence-corrected chi connectivity index (χ2v) is 4.73. The van der Waals surface area contributed by atoms with Crippen LogP contribution in [-0.2, 0) is 11.2 Å². The molecule has 1 unspecified atom stereocenters. The summed E-state index contributed by atoms with van der Waals surface area (Å²) in [6.07, 6.45) is 0.919. The van der Waals surface area contributed by atoms with Gasteiger partial charge in [-0.05, 0) is 29.0 Å².